The third kappa shape index (κ3) is 4.65. The highest BCUT2D eigenvalue weighted by molar-refractivity contribution is 8.00. The van der Waals surface area contributed by atoms with E-state index in [9.17, 15) is 9.18 Å². The molecule has 0 saturated heterocycles. The predicted octanol–water partition coefficient (Wildman–Crippen LogP) is 4.21. The molecule has 0 fully saturated rings. The third-order valence-corrected chi connectivity index (χ3v) is 5.07. The van der Waals surface area contributed by atoms with E-state index in [1.54, 1.807) is 36.7 Å². The molecular weight excluding hydrogens is 373 g/mol. The number of halogens is 2. The first-order chi connectivity index (χ1) is 12.5. The Labute approximate surface area is 160 Å². The van der Waals surface area contributed by atoms with E-state index >= 15 is 0 Å². The summed E-state index contributed by atoms with van der Waals surface area (Å²) in [7, 11) is 1.85. The number of nitrogens with zero attached hydrogens (tertiary/aromatic N) is 2. The van der Waals surface area contributed by atoms with E-state index in [0.717, 1.165) is 10.5 Å². The van der Waals surface area contributed by atoms with Crippen LogP contribution in [0.15, 0.2) is 65.8 Å². The number of aryl methyl sites for hydroxylation is 1. The van der Waals surface area contributed by atoms with Gasteiger partial charge >= 0.3 is 0 Å². The van der Waals surface area contributed by atoms with Crippen LogP contribution in [0.25, 0.3) is 0 Å². The number of amides is 1. The number of imidazole rings is 1. The number of thioether (sulfide) groups is 1. The van der Waals surface area contributed by atoms with Gasteiger partial charge in [0.2, 0.25) is 5.91 Å². The van der Waals surface area contributed by atoms with Crippen LogP contribution in [-0.2, 0) is 11.8 Å². The van der Waals surface area contributed by atoms with Crippen molar-refractivity contribution in [1.29, 1.82) is 0 Å². The number of hydrogen-bond acceptors (Lipinski definition) is 3. The molecule has 1 aromatic heterocycles. The Morgan fingerprint density at radius 1 is 1.23 bits per heavy atom. The molecule has 2 aromatic carbocycles. The van der Waals surface area contributed by atoms with Gasteiger partial charge in [-0.25, -0.2) is 9.37 Å². The van der Waals surface area contributed by atoms with E-state index in [1.807, 2.05) is 23.7 Å². The molecule has 1 unspecified atom stereocenters. The fourth-order valence-corrected chi connectivity index (χ4v) is 3.33. The van der Waals surface area contributed by atoms with Gasteiger partial charge in [-0.05, 0) is 42.0 Å². The second-order valence-corrected chi connectivity index (χ2v) is 7.18. The zero-order valence-electron chi connectivity index (χ0n) is 14.0. The van der Waals surface area contributed by atoms with E-state index in [2.05, 4.69) is 10.3 Å². The van der Waals surface area contributed by atoms with Crippen LogP contribution in [0.3, 0.4) is 0 Å². The first-order valence-electron chi connectivity index (χ1n) is 7.93. The van der Waals surface area contributed by atoms with Gasteiger partial charge in [-0.15, -0.1) is 11.8 Å². The molecule has 1 amide bonds. The summed E-state index contributed by atoms with van der Waals surface area (Å²) < 4.78 is 15.1. The largest absolute Gasteiger partial charge is 0.341 e. The molecule has 4 nitrogen and oxygen atoms in total. The van der Waals surface area contributed by atoms with E-state index in [0.29, 0.717) is 10.8 Å². The maximum Gasteiger partial charge on any atom is 0.231 e. The van der Waals surface area contributed by atoms with Gasteiger partial charge in [0.1, 0.15) is 17.7 Å². The van der Waals surface area contributed by atoms with Gasteiger partial charge in [-0.3, -0.25) is 4.79 Å². The van der Waals surface area contributed by atoms with Gasteiger partial charge in [0.25, 0.3) is 0 Å². The molecule has 3 rings (SSSR count). The van der Waals surface area contributed by atoms with Crippen LogP contribution in [0, 0.1) is 5.82 Å². The van der Waals surface area contributed by atoms with Crippen LogP contribution < -0.4 is 5.32 Å². The summed E-state index contributed by atoms with van der Waals surface area (Å²) in [5.41, 5.74) is 0.769. The lowest BCUT2D eigenvalue weighted by Crippen LogP contribution is -2.32. The fraction of sp³-hybridized carbons (Fsp3) is 0.158. The predicted molar refractivity (Wildman–Crippen MR) is 102 cm³/mol. The number of rotatable bonds is 6. The molecular formula is C19H17ClFN3OS. The molecule has 1 heterocycles. The number of carbonyl (C=O) groups is 1. The van der Waals surface area contributed by atoms with Gasteiger partial charge in [0.15, 0.2) is 0 Å². The Bertz CT molecular complexity index is 881. The first-order valence-corrected chi connectivity index (χ1v) is 9.29. The third-order valence-electron chi connectivity index (χ3n) is 3.81. The number of benzene rings is 2. The first kappa shape index (κ1) is 18.5. The fourth-order valence-electron chi connectivity index (χ4n) is 2.49. The van der Waals surface area contributed by atoms with E-state index in [4.69, 9.17) is 11.6 Å². The molecule has 0 aliphatic rings. The van der Waals surface area contributed by atoms with Crippen molar-refractivity contribution in [1.82, 2.24) is 14.9 Å². The zero-order chi connectivity index (χ0) is 18.5. The van der Waals surface area contributed by atoms with Gasteiger partial charge in [0, 0.05) is 29.4 Å². The Morgan fingerprint density at radius 2 is 1.92 bits per heavy atom. The van der Waals surface area contributed by atoms with Crippen molar-refractivity contribution in [3.05, 3.63) is 83.2 Å². The SMILES string of the molecule is Cn1ccnc1C(NC(=O)CSc1ccc(Cl)cc1)c1ccc(F)cc1. The average Bonchev–Trinajstić information content (AvgIpc) is 3.06. The second kappa shape index (κ2) is 8.38. The van der Waals surface area contributed by atoms with Crippen molar-refractivity contribution in [2.45, 2.75) is 10.9 Å². The van der Waals surface area contributed by atoms with Crippen molar-refractivity contribution in [2.75, 3.05) is 5.75 Å². The highest BCUT2D eigenvalue weighted by Gasteiger charge is 2.20. The maximum atomic E-state index is 13.3. The van der Waals surface area contributed by atoms with Crippen molar-refractivity contribution >= 4 is 29.3 Å². The van der Waals surface area contributed by atoms with Crippen LogP contribution in [-0.4, -0.2) is 21.2 Å². The minimum absolute atomic E-state index is 0.137. The monoisotopic (exact) mass is 389 g/mol. The molecule has 0 bridgehead atoms. The minimum Gasteiger partial charge on any atom is -0.341 e. The Hall–Kier alpha value is -2.31. The molecule has 0 spiro atoms. The Morgan fingerprint density at radius 3 is 2.54 bits per heavy atom. The Kier molecular flexibility index (Phi) is 5.96. The summed E-state index contributed by atoms with van der Waals surface area (Å²) >= 11 is 7.29. The lowest BCUT2D eigenvalue weighted by Gasteiger charge is -2.19. The summed E-state index contributed by atoms with van der Waals surface area (Å²) in [6.07, 6.45) is 3.47. The molecule has 0 aliphatic heterocycles. The molecule has 0 saturated carbocycles. The number of aromatic nitrogens is 2. The second-order valence-electron chi connectivity index (χ2n) is 5.69. The summed E-state index contributed by atoms with van der Waals surface area (Å²) in [5.74, 6) is 0.477. The standard InChI is InChI=1S/C19H17ClFN3OS/c1-24-11-10-22-19(24)18(13-2-6-15(21)7-3-13)23-17(25)12-26-16-8-4-14(20)5-9-16/h2-11,18H,12H2,1H3,(H,23,25). The highest BCUT2D eigenvalue weighted by atomic mass is 35.5. The number of carbonyl (C=O) groups excluding carboxylic acids is 1. The average molecular weight is 390 g/mol. The van der Waals surface area contributed by atoms with Crippen LogP contribution in [0.4, 0.5) is 4.39 Å². The van der Waals surface area contributed by atoms with E-state index < -0.39 is 6.04 Å². The van der Waals surface area contributed by atoms with Gasteiger partial charge < -0.3 is 9.88 Å². The van der Waals surface area contributed by atoms with Gasteiger partial charge in [-0.2, -0.15) is 0 Å². The van der Waals surface area contributed by atoms with E-state index in [-0.39, 0.29) is 17.5 Å². The number of nitrogens with one attached hydrogen (secondary N) is 1. The van der Waals surface area contributed by atoms with E-state index in [1.165, 1.54) is 23.9 Å². The van der Waals surface area contributed by atoms with Crippen molar-refractivity contribution < 1.29 is 9.18 Å². The van der Waals surface area contributed by atoms with Crippen LogP contribution >= 0.6 is 23.4 Å². The topological polar surface area (TPSA) is 46.9 Å². The van der Waals surface area contributed by atoms with Gasteiger partial charge in [-0.1, -0.05) is 23.7 Å². The molecule has 0 aliphatic carbocycles. The minimum atomic E-state index is -0.450. The molecule has 3 aromatic rings. The maximum absolute atomic E-state index is 13.3. The molecule has 1 atom stereocenters. The molecule has 1 N–H and O–H groups in total. The molecule has 7 heteroatoms. The van der Waals surface area contributed by atoms with Crippen molar-refractivity contribution in [3.8, 4) is 0 Å². The molecule has 0 radical (unpaired) electrons. The summed E-state index contributed by atoms with van der Waals surface area (Å²) in [4.78, 5) is 17.8. The lowest BCUT2D eigenvalue weighted by atomic mass is 10.1. The lowest BCUT2D eigenvalue weighted by molar-refractivity contribution is -0.119. The molecule has 26 heavy (non-hydrogen) atoms. The van der Waals surface area contributed by atoms with Gasteiger partial charge in [0.05, 0.1) is 5.75 Å². The van der Waals surface area contributed by atoms with Crippen LogP contribution in [0.2, 0.25) is 5.02 Å². The smallest absolute Gasteiger partial charge is 0.231 e. The van der Waals surface area contributed by atoms with Crippen molar-refractivity contribution in [2.24, 2.45) is 7.05 Å². The molecule has 134 valence electrons. The quantitative estimate of drug-likeness (QED) is 0.642. The highest BCUT2D eigenvalue weighted by Crippen LogP contribution is 2.23. The number of hydrogen-bond donors (Lipinski definition) is 1. The summed E-state index contributed by atoms with van der Waals surface area (Å²) in [5, 5.41) is 3.64. The van der Waals surface area contributed by atoms with Crippen LogP contribution in [0.5, 0.6) is 0 Å². The van der Waals surface area contributed by atoms with Crippen LogP contribution in [0.1, 0.15) is 17.4 Å². The normalized spacial score (nSPS) is 12.0. The summed E-state index contributed by atoms with van der Waals surface area (Å²) in [6.45, 7) is 0. The summed E-state index contributed by atoms with van der Waals surface area (Å²) in [6, 6.07) is 12.9. The van der Waals surface area contributed by atoms with Crippen molar-refractivity contribution in [3.63, 3.8) is 0 Å². The Balaban J connectivity index is 1.73. The zero-order valence-corrected chi connectivity index (χ0v) is 15.6.